The van der Waals surface area contributed by atoms with Gasteiger partial charge in [-0.15, -0.1) is 0 Å². The lowest BCUT2D eigenvalue weighted by molar-refractivity contribution is 0.669. The summed E-state index contributed by atoms with van der Waals surface area (Å²) in [4.78, 5) is 0. The molecule has 0 unspecified atom stereocenters. The van der Waals surface area contributed by atoms with Gasteiger partial charge in [-0.2, -0.15) is 0 Å². The van der Waals surface area contributed by atoms with Crippen molar-refractivity contribution in [2.45, 2.75) is 0 Å². The van der Waals surface area contributed by atoms with Crippen molar-refractivity contribution in [2.75, 3.05) is 0 Å². The topological polar surface area (TPSA) is 13.1 Å². The van der Waals surface area contributed by atoms with E-state index in [0.29, 0.717) is 16.7 Å². The van der Waals surface area contributed by atoms with E-state index in [2.05, 4.69) is 42.5 Å². The molecule has 0 aliphatic heterocycles. The van der Waals surface area contributed by atoms with Crippen molar-refractivity contribution in [3.05, 3.63) is 145 Å². The van der Waals surface area contributed by atoms with E-state index in [1.165, 1.54) is 0 Å². The van der Waals surface area contributed by atoms with Crippen LogP contribution in [0.4, 0.5) is 0 Å². The molecule has 1 nitrogen and oxygen atoms in total. The van der Waals surface area contributed by atoms with Crippen LogP contribution in [0.2, 0.25) is 0 Å². The van der Waals surface area contributed by atoms with Crippen molar-refractivity contribution >= 4 is 65.0 Å². The second-order valence-electron chi connectivity index (χ2n) is 10.6. The van der Waals surface area contributed by atoms with Crippen molar-refractivity contribution in [2.24, 2.45) is 0 Å². The quantitative estimate of drug-likeness (QED) is 0.162. The first-order valence-corrected chi connectivity index (χ1v) is 13.8. The average molecular weight is 525 g/mol. The van der Waals surface area contributed by atoms with Crippen molar-refractivity contribution in [3.63, 3.8) is 0 Å². The molecular weight excluding hydrogens is 496 g/mol. The van der Waals surface area contributed by atoms with Crippen LogP contribution >= 0.6 is 0 Å². The van der Waals surface area contributed by atoms with Crippen LogP contribution in [0.15, 0.2) is 150 Å². The molecule has 0 bridgehead atoms. The van der Waals surface area contributed by atoms with Crippen LogP contribution in [-0.4, -0.2) is 0 Å². The van der Waals surface area contributed by atoms with Gasteiger partial charge in [0, 0.05) is 10.8 Å². The molecule has 190 valence electrons. The molecule has 0 atom stereocenters. The first kappa shape index (κ1) is 18.8. The first-order valence-electron chi connectivity index (χ1n) is 15.8. The van der Waals surface area contributed by atoms with E-state index >= 15 is 0 Å². The Morgan fingerprint density at radius 2 is 1.00 bits per heavy atom. The Labute approximate surface area is 242 Å². The molecule has 9 aromatic rings. The van der Waals surface area contributed by atoms with Crippen LogP contribution in [0.1, 0.15) is 5.48 Å². The maximum atomic E-state index is 9.32. The van der Waals surface area contributed by atoms with Gasteiger partial charge in [-0.3, -0.25) is 0 Å². The van der Waals surface area contributed by atoms with Gasteiger partial charge in [0.15, 0.2) is 0 Å². The van der Waals surface area contributed by atoms with Gasteiger partial charge in [0.05, 0.1) is 5.48 Å². The molecule has 0 saturated heterocycles. The Balaban J connectivity index is 1.32. The summed E-state index contributed by atoms with van der Waals surface area (Å²) in [7, 11) is 0. The molecular formula is C40H24O. The summed E-state index contributed by atoms with van der Waals surface area (Å²) >= 11 is 0. The molecule has 0 amide bonds. The van der Waals surface area contributed by atoms with E-state index in [9.17, 15) is 5.48 Å². The summed E-state index contributed by atoms with van der Waals surface area (Å²) in [6, 6.07) is 40.1. The first-order chi connectivity index (χ1) is 22.0. The summed E-state index contributed by atoms with van der Waals surface area (Å²) in [5.74, 6) is 0. The van der Waals surface area contributed by atoms with Crippen molar-refractivity contribution in [1.29, 1.82) is 0 Å². The normalized spacial score (nSPS) is 13.3. The zero-order valence-corrected chi connectivity index (χ0v) is 22.0. The zero-order valence-electron chi connectivity index (χ0n) is 26.0. The van der Waals surface area contributed by atoms with Crippen LogP contribution < -0.4 is 0 Å². The lowest BCUT2D eigenvalue weighted by atomic mass is 9.89. The van der Waals surface area contributed by atoms with E-state index in [1.807, 2.05) is 78.9 Å². The smallest absolute Gasteiger partial charge is 0.136 e. The van der Waals surface area contributed by atoms with E-state index in [0.717, 1.165) is 65.0 Å². The average Bonchev–Trinajstić information content (AvgIpc) is 3.42. The highest BCUT2D eigenvalue weighted by atomic mass is 16.3. The molecule has 0 aliphatic rings. The van der Waals surface area contributed by atoms with E-state index < -0.39 is 0 Å². The number of rotatable bonds is 2. The lowest BCUT2D eigenvalue weighted by Crippen LogP contribution is -1.87. The Kier molecular flexibility index (Phi) is 3.92. The molecule has 0 spiro atoms. The largest absolute Gasteiger partial charge is 0.456 e. The summed E-state index contributed by atoms with van der Waals surface area (Å²) in [6.45, 7) is 0. The van der Waals surface area contributed by atoms with Gasteiger partial charge >= 0.3 is 0 Å². The molecule has 9 rings (SSSR count). The Hall–Kier alpha value is -5.40. The molecule has 1 aromatic heterocycles. The fourth-order valence-electron chi connectivity index (χ4n) is 6.29. The van der Waals surface area contributed by atoms with Gasteiger partial charge in [0.1, 0.15) is 11.2 Å². The van der Waals surface area contributed by atoms with E-state index in [4.69, 9.17) is 4.42 Å². The number of benzene rings is 8. The Morgan fingerprint density at radius 3 is 1.83 bits per heavy atom. The van der Waals surface area contributed by atoms with Gasteiger partial charge < -0.3 is 4.42 Å². The summed E-state index contributed by atoms with van der Waals surface area (Å²) in [5, 5.41) is 10.0. The predicted molar refractivity (Wildman–Crippen MR) is 175 cm³/mol. The third-order valence-corrected chi connectivity index (χ3v) is 8.27. The summed E-state index contributed by atoms with van der Waals surface area (Å²) in [5.41, 5.74) is 3.42. The second-order valence-corrected chi connectivity index (χ2v) is 10.6. The van der Waals surface area contributed by atoms with Crippen LogP contribution in [0.3, 0.4) is 0 Å². The standard InChI is InChI=1S/C40H24O/c1-2-9-29-24-39-37(21-28(29)8-1)36-22-30(18-20-38(36)41-39)25-13-15-27(16-14-25)40-33-12-6-4-10-31(33)23-35-32-11-5-3-7-26(32)17-19-34(35)40/h1-24H/i13D,14D,15D,16D. The van der Waals surface area contributed by atoms with Gasteiger partial charge in [0.2, 0.25) is 0 Å². The van der Waals surface area contributed by atoms with Gasteiger partial charge in [-0.1, -0.05) is 115 Å². The highest BCUT2D eigenvalue weighted by Crippen LogP contribution is 2.40. The third kappa shape index (κ3) is 3.43. The lowest BCUT2D eigenvalue weighted by Gasteiger charge is -2.14. The molecule has 0 fully saturated rings. The predicted octanol–water partition coefficient (Wildman–Crippen LogP) is 11.5. The maximum Gasteiger partial charge on any atom is 0.136 e. The summed E-state index contributed by atoms with van der Waals surface area (Å²) < 4.78 is 43.3. The van der Waals surface area contributed by atoms with Crippen LogP contribution in [0.5, 0.6) is 0 Å². The minimum Gasteiger partial charge on any atom is -0.456 e. The van der Waals surface area contributed by atoms with E-state index in [1.54, 1.807) is 0 Å². The SMILES string of the molecule is [2H]c1c([2H])c(-c2c3ccccc3cc3c2ccc2ccccc23)c([2H])c([2H])c1-c1ccc2oc3cc4ccccc4cc3c2c1. The van der Waals surface area contributed by atoms with Gasteiger partial charge in [0.25, 0.3) is 0 Å². The van der Waals surface area contributed by atoms with Crippen LogP contribution in [0.25, 0.3) is 87.3 Å². The van der Waals surface area contributed by atoms with Gasteiger partial charge in [-0.05, 0) is 95.7 Å². The minimum absolute atomic E-state index is 0.0556. The van der Waals surface area contributed by atoms with Crippen molar-refractivity contribution in [3.8, 4) is 22.3 Å². The van der Waals surface area contributed by atoms with Crippen molar-refractivity contribution in [1.82, 2.24) is 0 Å². The maximum absolute atomic E-state index is 9.32. The number of furan rings is 1. The highest BCUT2D eigenvalue weighted by Gasteiger charge is 2.13. The molecule has 0 radical (unpaired) electrons. The third-order valence-electron chi connectivity index (χ3n) is 8.27. The fraction of sp³-hybridized carbons (Fsp3) is 0. The van der Waals surface area contributed by atoms with Crippen LogP contribution in [-0.2, 0) is 0 Å². The molecule has 0 N–H and O–H groups in total. The zero-order chi connectivity index (χ0) is 30.4. The highest BCUT2D eigenvalue weighted by molar-refractivity contribution is 6.20. The molecule has 41 heavy (non-hydrogen) atoms. The fourth-order valence-corrected chi connectivity index (χ4v) is 6.29. The minimum atomic E-state index is -0.0644. The second kappa shape index (κ2) is 8.55. The molecule has 1 heteroatoms. The van der Waals surface area contributed by atoms with Gasteiger partial charge in [-0.25, -0.2) is 0 Å². The van der Waals surface area contributed by atoms with Crippen LogP contribution in [0, 0.1) is 0 Å². The summed E-state index contributed by atoms with van der Waals surface area (Å²) in [6.07, 6.45) is 0. The molecule has 1 heterocycles. The molecule has 8 aromatic carbocycles. The number of hydrogen-bond acceptors (Lipinski definition) is 1. The molecule has 0 aliphatic carbocycles. The Bertz CT molecular complexity index is 2680. The van der Waals surface area contributed by atoms with E-state index in [-0.39, 0.29) is 29.7 Å². The Morgan fingerprint density at radius 1 is 0.366 bits per heavy atom. The monoisotopic (exact) mass is 524 g/mol. The number of fused-ring (bicyclic) bond motifs is 8. The molecule has 0 saturated carbocycles. The van der Waals surface area contributed by atoms with Crippen molar-refractivity contribution < 1.29 is 9.90 Å². The number of hydrogen-bond donors (Lipinski definition) is 0.